The Hall–Kier alpha value is -6.64. The highest BCUT2D eigenvalue weighted by Crippen LogP contribution is 2.50. The van der Waals surface area contributed by atoms with Gasteiger partial charge in [-0.25, -0.2) is 37.1 Å². The van der Waals surface area contributed by atoms with Gasteiger partial charge in [0.15, 0.2) is 11.6 Å². The molecule has 4 aliphatic heterocycles. The van der Waals surface area contributed by atoms with Crippen LogP contribution in [0.5, 0.6) is 0 Å². The average molecular weight is 1020 g/mol. The second-order valence-electron chi connectivity index (χ2n) is 20.6. The first-order chi connectivity index (χ1) is 34.8. The fraction of sp³-hybridized carbons (Fsp3) is 0.538. The van der Waals surface area contributed by atoms with Crippen molar-refractivity contribution in [3.63, 3.8) is 0 Å². The fourth-order valence-corrected chi connectivity index (χ4v) is 11.5. The number of nitrogens with one attached hydrogen (secondary N) is 4. The zero-order valence-corrected chi connectivity index (χ0v) is 42.4. The summed E-state index contributed by atoms with van der Waals surface area (Å²) in [7, 11) is 2.45. The smallest absolute Gasteiger partial charge is 0.407 e. The van der Waals surface area contributed by atoms with E-state index in [1.165, 1.54) is 38.5 Å². The van der Waals surface area contributed by atoms with E-state index in [1.807, 2.05) is 41.5 Å². The lowest BCUT2D eigenvalue weighted by atomic mass is 10.0. The van der Waals surface area contributed by atoms with E-state index in [0.717, 1.165) is 0 Å². The number of amides is 4. The largest absolute Gasteiger partial charge is 0.453 e. The van der Waals surface area contributed by atoms with Crippen LogP contribution in [0.3, 0.4) is 0 Å². The average Bonchev–Trinajstić information content (AvgIpc) is 4.20. The number of halogens is 4. The first-order valence-corrected chi connectivity index (χ1v) is 25.2. The number of ether oxygens (including phenoxy) is 3. The summed E-state index contributed by atoms with van der Waals surface area (Å²) in [4.78, 5) is 75.1. The third kappa shape index (κ3) is 9.95. The summed E-state index contributed by atoms with van der Waals surface area (Å²) in [5, 5.41) is 5.29. The van der Waals surface area contributed by atoms with Crippen LogP contribution < -0.4 is 20.4 Å². The van der Waals surface area contributed by atoms with Gasteiger partial charge in [-0.15, -0.1) is 0 Å². The molecule has 5 aromatic rings. The van der Waals surface area contributed by atoms with Crippen LogP contribution in [-0.2, 0) is 23.8 Å². The van der Waals surface area contributed by atoms with Crippen molar-refractivity contribution in [1.29, 1.82) is 0 Å². The quantitative estimate of drug-likeness (QED) is 0.0875. The molecule has 9 rings (SSSR count). The monoisotopic (exact) mass is 1020 g/mol. The molecule has 392 valence electrons. The molecule has 4 amide bonds. The molecule has 0 aliphatic carbocycles. The van der Waals surface area contributed by atoms with Gasteiger partial charge in [0.05, 0.1) is 72.7 Å². The molecule has 0 bridgehead atoms. The lowest BCUT2D eigenvalue weighted by Crippen LogP contribution is -2.51. The van der Waals surface area contributed by atoms with E-state index in [2.05, 4.69) is 20.6 Å². The van der Waals surface area contributed by atoms with Crippen molar-refractivity contribution in [2.45, 2.75) is 129 Å². The first kappa shape index (κ1) is 51.3. The number of hydrogen-bond donors (Lipinski definition) is 4. The Balaban J connectivity index is 1.08. The molecule has 0 spiro atoms. The maximum Gasteiger partial charge on any atom is 0.407 e. The van der Waals surface area contributed by atoms with Gasteiger partial charge in [-0.3, -0.25) is 9.59 Å². The predicted molar refractivity (Wildman–Crippen MR) is 264 cm³/mol. The van der Waals surface area contributed by atoms with E-state index >= 15 is 17.6 Å². The number of carbonyl (C=O) groups excluding carboxylic acids is 4. The Bertz CT molecular complexity index is 2730. The van der Waals surface area contributed by atoms with Gasteiger partial charge in [-0.1, -0.05) is 27.7 Å². The Kier molecular flexibility index (Phi) is 14.5. The highest BCUT2D eigenvalue weighted by Gasteiger charge is 2.43. The topological polar surface area (TPSA) is 190 Å². The molecule has 0 radical (unpaired) electrons. The van der Waals surface area contributed by atoms with Gasteiger partial charge >= 0.3 is 12.2 Å². The molecular formula is C52H64F4N10O7. The molecule has 4 fully saturated rings. The molecule has 4 N–H and O–H groups in total. The number of fused-ring (bicyclic) bond motifs is 2. The van der Waals surface area contributed by atoms with E-state index in [9.17, 15) is 19.2 Å². The second kappa shape index (κ2) is 20.7. The number of imidazole rings is 2. The molecule has 17 nitrogen and oxygen atoms in total. The number of anilines is 2. The normalized spacial score (nSPS) is 23.3. The Morgan fingerprint density at radius 1 is 0.630 bits per heavy atom. The zero-order chi connectivity index (χ0) is 52.2. The van der Waals surface area contributed by atoms with Crippen LogP contribution in [0.25, 0.3) is 22.1 Å². The Labute approximate surface area is 420 Å². The molecule has 0 saturated carbocycles. The Morgan fingerprint density at radius 2 is 1.05 bits per heavy atom. The molecule has 3 aromatic carbocycles. The number of alkyl carbamates (subject to hydrolysis) is 2. The molecule has 2 aromatic heterocycles. The van der Waals surface area contributed by atoms with Crippen molar-refractivity contribution >= 4 is 57.4 Å². The van der Waals surface area contributed by atoms with Crippen LogP contribution in [0.15, 0.2) is 36.4 Å². The number of aromatic nitrogens is 4. The van der Waals surface area contributed by atoms with Crippen molar-refractivity contribution in [2.24, 2.45) is 11.8 Å². The van der Waals surface area contributed by atoms with Gasteiger partial charge < -0.3 is 54.4 Å². The SMILES string of the molecule is COC(=O)NC(C(=O)N1CCC[C@H]1c1nc2cc(C3CCC(c4cc5nc([C@@H]6CCCN6C(=O)[C@@H](NC(=O)OC)C(C)C)[nH]c5cc4F)N3c3cc(F)c(N4C[C@@H](C)O[C@@H](C)C4)c(F)c3)c(F)cc2[nH]1)C(C)C. The minimum atomic E-state index is -0.862. The fourth-order valence-electron chi connectivity index (χ4n) is 11.5. The highest BCUT2D eigenvalue weighted by atomic mass is 19.1. The van der Waals surface area contributed by atoms with Crippen molar-refractivity contribution < 1.29 is 51.0 Å². The Morgan fingerprint density at radius 3 is 1.45 bits per heavy atom. The maximum absolute atomic E-state index is 16.9. The molecule has 73 heavy (non-hydrogen) atoms. The van der Waals surface area contributed by atoms with E-state index in [-0.39, 0.29) is 84.3 Å². The van der Waals surface area contributed by atoms with E-state index in [1.54, 1.807) is 31.7 Å². The van der Waals surface area contributed by atoms with Crippen LogP contribution in [0, 0.1) is 35.1 Å². The predicted octanol–water partition coefficient (Wildman–Crippen LogP) is 8.78. The van der Waals surface area contributed by atoms with Gasteiger partial charge in [0.2, 0.25) is 11.8 Å². The summed E-state index contributed by atoms with van der Waals surface area (Å²) >= 11 is 0. The number of benzene rings is 3. The number of rotatable bonds is 12. The van der Waals surface area contributed by atoms with Gasteiger partial charge in [0, 0.05) is 43.0 Å². The summed E-state index contributed by atoms with van der Waals surface area (Å²) in [5.41, 5.74) is 1.72. The summed E-state index contributed by atoms with van der Waals surface area (Å²) in [6.45, 7) is 12.3. The summed E-state index contributed by atoms with van der Waals surface area (Å²) in [6, 6.07) is 3.82. The third-order valence-corrected chi connectivity index (χ3v) is 14.9. The minimum Gasteiger partial charge on any atom is -0.453 e. The molecular weight excluding hydrogens is 953 g/mol. The van der Waals surface area contributed by atoms with Crippen molar-refractivity contribution in [3.8, 4) is 0 Å². The summed E-state index contributed by atoms with van der Waals surface area (Å²) < 4.78 is 82.4. The lowest BCUT2D eigenvalue weighted by Gasteiger charge is -2.38. The van der Waals surface area contributed by atoms with Gasteiger partial charge in [0.25, 0.3) is 0 Å². The second-order valence-corrected chi connectivity index (χ2v) is 20.6. The van der Waals surface area contributed by atoms with Crippen LogP contribution in [-0.4, -0.2) is 118 Å². The molecule has 8 atom stereocenters. The zero-order valence-electron chi connectivity index (χ0n) is 42.4. The van der Waals surface area contributed by atoms with Crippen molar-refractivity contribution in [1.82, 2.24) is 40.4 Å². The number of morpholine rings is 1. The minimum absolute atomic E-state index is 0.0748. The molecule has 6 heterocycles. The number of carbonyl (C=O) groups is 4. The third-order valence-electron chi connectivity index (χ3n) is 14.9. The number of nitrogens with zero attached hydrogens (tertiary/aromatic N) is 6. The standard InChI is InChI=1S/C52H64F4N10O7/c1-25(2)44(61-51(69)71-7)49(67)64-15-9-11-42(64)47-57-36-19-30(32(53)21-38(36)59-47)40-13-14-41(66(40)29-17-34(55)46(35(56)18-29)63-23-27(5)73-28(6)24-63)31-20-37-39(22-33(31)54)60-48(58-37)43-12-10-16-65(43)50(68)45(26(3)4)62-52(70)72-8/h17-22,25-28,40-45H,9-16,23-24H2,1-8H3,(H,57,59)(H,58,60)(H,61,69)(H,62,70)/t27-,28+,40?,41?,42-,43-,44-,45?/m0/s1. The van der Waals surface area contributed by atoms with Crippen LogP contribution in [0.4, 0.5) is 38.5 Å². The molecule has 4 aliphatic rings. The summed E-state index contributed by atoms with van der Waals surface area (Å²) in [6.07, 6.45) is 0.935. The van der Waals surface area contributed by atoms with Crippen molar-refractivity contribution in [3.05, 3.63) is 82.4 Å². The number of hydrogen-bond acceptors (Lipinski definition) is 11. The number of likely N-dealkylation sites (tertiary alicyclic amines) is 2. The van der Waals surface area contributed by atoms with Crippen molar-refractivity contribution in [2.75, 3.05) is 50.2 Å². The van der Waals surface area contributed by atoms with Crippen LogP contribution in [0.2, 0.25) is 0 Å². The lowest BCUT2D eigenvalue weighted by molar-refractivity contribution is -0.136. The van der Waals surface area contributed by atoms with Crippen LogP contribution in [0.1, 0.15) is 127 Å². The number of aromatic amines is 2. The molecule has 21 heteroatoms. The highest BCUT2D eigenvalue weighted by molar-refractivity contribution is 5.88. The number of H-pyrrole nitrogens is 2. The van der Waals surface area contributed by atoms with Crippen LogP contribution >= 0.6 is 0 Å². The van der Waals surface area contributed by atoms with Gasteiger partial charge in [-0.2, -0.15) is 0 Å². The molecule has 3 unspecified atom stereocenters. The van der Waals surface area contributed by atoms with E-state index < -0.39 is 71.7 Å². The first-order valence-electron chi connectivity index (χ1n) is 25.2. The summed E-state index contributed by atoms with van der Waals surface area (Å²) in [5.74, 6) is -3.17. The maximum atomic E-state index is 16.9. The molecule has 4 saturated heterocycles. The number of methoxy groups -OCH3 is 2. The van der Waals surface area contributed by atoms with Gasteiger partial charge in [0.1, 0.15) is 41.1 Å². The van der Waals surface area contributed by atoms with E-state index in [4.69, 9.17) is 24.2 Å². The van der Waals surface area contributed by atoms with E-state index in [0.29, 0.717) is 72.5 Å². The van der Waals surface area contributed by atoms with Gasteiger partial charge in [-0.05, 0) is 101 Å².